The van der Waals surface area contributed by atoms with Crippen LogP contribution < -0.4 is 5.56 Å². The van der Waals surface area contributed by atoms with Crippen LogP contribution in [0.4, 0.5) is 0 Å². The van der Waals surface area contributed by atoms with Gasteiger partial charge in [-0.1, -0.05) is 23.7 Å². The van der Waals surface area contributed by atoms with E-state index in [2.05, 4.69) is 25.9 Å². The minimum atomic E-state index is -0.172. The molecule has 0 fully saturated rings. The average molecular weight is 332 g/mol. The SMILES string of the molecule is O=c1[nH]c(CSc2ccccc2Cl)ncc1Br. The standard InChI is InChI=1S/C11H8BrClN2OS/c12-7-5-14-10(15-11(7)16)6-17-9-4-2-1-3-8(9)13/h1-5H,6H2,(H,14,15,16). The summed E-state index contributed by atoms with van der Waals surface area (Å²) in [4.78, 5) is 19.1. The van der Waals surface area contributed by atoms with Crippen LogP contribution in [0.5, 0.6) is 0 Å². The molecule has 0 bridgehead atoms. The van der Waals surface area contributed by atoms with E-state index in [4.69, 9.17) is 11.6 Å². The molecule has 0 spiro atoms. The normalized spacial score (nSPS) is 10.5. The van der Waals surface area contributed by atoms with Crippen LogP contribution in [0.3, 0.4) is 0 Å². The maximum atomic E-state index is 11.3. The predicted molar refractivity (Wildman–Crippen MR) is 73.6 cm³/mol. The highest BCUT2D eigenvalue weighted by Crippen LogP contribution is 2.28. The van der Waals surface area contributed by atoms with Crippen LogP contribution in [0.1, 0.15) is 5.82 Å². The lowest BCUT2D eigenvalue weighted by Crippen LogP contribution is -2.10. The van der Waals surface area contributed by atoms with Crippen molar-refractivity contribution in [2.24, 2.45) is 0 Å². The molecule has 1 N–H and O–H groups in total. The van der Waals surface area contributed by atoms with Gasteiger partial charge in [0.1, 0.15) is 10.3 Å². The number of aromatic nitrogens is 2. The van der Waals surface area contributed by atoms with Gasteiger partial charge in [0, 0.05) is 11.1 Å². The van der Waals surface area contributed by atoms with Crippen LogP contribution in [0.25, 0.3) is 0 Å². The molecule has 0 amide bonds. The van der Waals surface area contributed by atoms with E-state index < -0.39 is 0 Å². The first-order valence-electron chi connectivity index (χ1n) is 4.78. The predicted octanol–water partition coefficient (Wildman–Crippen LogP) is 3.48. The number of nitrogens with one attached hydrogen (secondary N) is 1. The second-order valence-electron chi connectivity index (χ2n) is 3.23. The molecule has 0 aliphatic heterocycles. The van der Waals surface area contributed by atoms with Gasteiger partial charge in [-0.25, -0.2) is 4.98 Å². The zero-order valence-corrected chi connectivity index (χ0v) is 11.8. The van der Waals surface area contributed by atoms with Crippen LogP contribution in [-0.2, 0) is 5.75 Å². The minimum Gasteiger partial charge on any atom is -0.309 e. The topological polar surface area (TPSA) is 45.8 Å². The number of hydrogen-bond donors (Lipinski definition) is 1. The summed E-state index contributed by atoms with van der Waals surface area (Å²) in [5.74, 6) is 1.20. The van der Waals surface area contributed by atoms with Crippen molar-refractivity contribution in [2.45, 2.75) is 10.6 Å². The van der Waals surface area contributed by atoms with Gasteiger partial charge in [0.25, 0.3) is 5.56 Å². The Morgan fingerprint density at radius 3 is 2.88 bits per heavy atom. The Morgan fingerprint density at radius 2 is 2.18 bits per heavy atom. The molecule has 6 heteroatoms. The molecule has 2 rings (SSSR count). The first-order valence-corrected chi connectivity index (χ1v) is 6.93. The van der Waals surface area contributed by atoms with Crippen LogP contribution >= 0.6 is 39.3 Å². The number of nitrogens with zero attached hydrogens (tertiary/aromatic N) is 1. The fraction of sp³-hybridized carbons (Fsp3) is 0.0909. The van der Waals surface area contributed by atoms with Crippen molar-refractivity contribution in [3.63, 3.8) is 0 Å². The van der Waals surface area contributed by atoms with E-state index in [-0.39, 0.29) is 5.56 Å². The van der Waals surface area contributed by atoms with E-state index in [1.165, 1.54) is 18.0 Å². The average Bonchev–Trinajstić information content (AvgIpc) is 2.32. The van der Waals surface area contributed by atoms with Gasteiger partial charge in [-0.2, -0.15) is 0 Å². The minimum absolute atomic E-state index is 0.172. The lowest BCUT2D eigenvalue weighted by atomic mass is 10.4. The quantitative estimate of drug-likeness (QED) is 0.876. The van der Waals surface area contributed by atoms with Crippen molar-refractivity contribution in [2.75, 3.05) is 0 Å². The van der Waals surface area contributed by atoms with Crippen molar-refractivity contribution in [3.8, 4) is 0 Å². The Kier molecular flexibility index (Phi) is 4.25. The molecule has 0 unspecified atom stereocenters. The Balaban J connectivity index is 2.10. The number of hydrogen-bond acceptors (Lipinski definition) is 3. The maximum absolute atomic E-state index is 11.3. The third-order valence-electron chi connectivity index (χ3n) is 2.01. The Morgan fingerprint density at radius 1 is 1.41 bits per heavy atom. The van der Waals surface area contributed by atoms with Gasteiger partial charge in [0.2, 0.25) is 0 Å². The smallest absolute Gasteiger partial charge is 0.265 e. The van der Waals surface area contributed by atoms with E-state index in [0.717, 1.165) is 4.90 Å². The van der Waals surface area contributed by atoms with Gasteiger partial charge in [0.05, 0.1) is 10.8 Å². The van der Waals surface area contributed by atoms with Gasteiger partial charge < -0.3 is 4.98 Å². The lowest BCUT2D eigenvalue weighted by molar-refractivity contribution is 0.990. The summed E-state index contributed by atoms with van der Waals surface area (Å²) in [5.41, 5.74) is -0.172. The molecule has 3 nitrogen and oxygen atoms in total. The van der Waals surface area contributed by atoms with E-state index in [0.29, 0.717) is 21.1 Å². The van der Waals surface area contributed by atoms with Crippen molar-refractivity contribution >= 4 is 39.3 Å². The summed E-state index contributed by atoms with van der Waals surface area (Å²) in [6.07, 6.45) is 1.50. The number of halogens is 2. The molecule has 1 aromatic carbocycles. The maximum Gasteiger partial charge on any atom is 0.265 e. The molecular weight excluding hydrogens is 324 g/mol. The molecule has 0 saturated carbocycles. The highest BCUT2D eigenvalue weighted by atomic mass is 79.9. The second-order valence-corrected chi connectivity index (χ2v) is 5.50. The third-order valence-corrected chi connectivity index (χ3v) is 4.10. The Bertz CT molecular complexity index is 588. The highest BCUT2D eigenvalue weighted by Gasteiger charge is 2.03. The van der Waals surface area contributed by atoms with Crippen molar-refractivity contribution < 1.29 is 0 Å². The first-order chi connectivity index (χ1) is 8.16. The molecule has 0 radical (unpaired) electrons. The van der Waals surface area contributed by atoms with Gasteiger partial charge >= 0.3 is 0 Å². The summed E-state index contributed by atoms with van der Waals surface area (Å²) in [5, 5.41) is 0.706. The number of benzene rings is 1. The van der Waals surface area contributed by atoms with Crippen LogP contribution in [0, 0.1) is 0 Å². The number of aromatic amines is 1. The van der Waals surface area contributed by atoms with Crippen molar-refractivity contribution in [1.29, 1.82) is 0 Å². The molecule has 0 aliphatic carbocycles. The largest absolute Gasteiger partial charge is 0.309 e. The Labute approximate surface area is 116 Å². The first kappa shape index (κ1) is 12.7. The summed E-state index contributed by atoms with van der Waals surface area (Å²) in [7, 11) is 0. The molecule has 0 atom stereocenters. The van der Waals surface area contributed by atoms with Crippen LogP contribution in [0.2, 0.25) is 5.02 Å². The summed E-state index contributed by atoms with van der Waals surface area (Å²) < 4.78 is 0.434. The fourth-order valence-corrected chi connectivity index (χ4v) is 2.52. The summed E-state index contributed by atoms with van der Waals surface area (Å²) in [6, 6.07) is 7.57. The van der Waals surface area contributed by atoms with E-state index in [1.54, 1.807) is 0 Å². The molecule has 1 aromatic heterocycles. The molecule has 88 valence electrons. The monoisotopic (exact) mass is 330 g/mol. The third kappa shape index (κ3) is 3.34. The summed E-state index contributed by atoms with van der Waals surface area (Å²) in [6.45, 7) is 0. The van der Waals surface area contributed by atoms with Gasteiger partial charge in [-0.05, 0) is 28.1 Å². The van der Waals surface area contributed by atoms with Crippen molar-refractivity contribution in [1.82, 2.24) is 9.97 Å². The van der Waals surface area contributed by atoms with Gasteiger partial charge in [0.15, 0.2) is 0 Å². The van der Waals surface area contributed by atoms with Crippen LogP contribution in [0.15, 0.2) is 44.6 Å². The molecular formula is C11H8BrClN2OS. The van der Waals surface area contributed by atoms with E-state index in [1.807, 2.05) is 24.3 Å². The molecule has 1 heterocycles. The molecule has 17 heavy (non-hydrogen) atoms. The lowest BCUT2D eigenvalue weighted by Gasteiger charge is -2.03. The number of thioether (sulfide) groups is 1. The number of rotatable bonds is 3. The van der Waals surface area contributed by atoms with E-state index in [9.17, 15) is 4.79 Å². The van der Waals surface area contributed by atoms with Gasteiger partial charge in [-0.15, -0.1) is 11.8 Å². The van der Waals surface area contributed by atoms with Gasteiger partial charge in [-0.3, -0.25) is 4.79 Å². The molecule has 2 aromatic rings. The zero-order chi connectivity index (χ0) is 12.3. The summed E-state index contributed by atoms with van der Waals surface area (Å²) >= 11 is 10.7. The molecule has 0 aliphatic rings. The fourth-order valence-electron chi connectivity index (χ4n) is 1.20. The van der Waals surface area contributed by atoms with E-state index >= 15 is 0 Å². The Hall–Kier alpha value is -0.780. The zero-order valence-electron chi connectivity index (χ0n) is 8.61. The number of H-pyrrole nitrogens is 1. The van der Waals surface area contributed by atoms with Crippen LogP contribution in [-0.4, -0.2) is 9.97 Å². The molecule has 0 saturated heterocycles. The second kappa shape index (κ2) is 5.71. The highest BCUT2D eigenvalue weighted by molar-refractivity contribution is 9.10. The van der Waals surface area contributed by atoms with Crippen molar-refractivity contribution in [3.05, 3.63) is 56.1 Å².